The second-order valence-electron chi connectivity index (χ2n) is 23.6. The molecule has 0 aliphatic carbocycles. The van der Waals surface area contributed by atoms with Crippen LogP contribution in [0.2, 0.25) is 5.02 Å². The summed E-state index contributed by atoms with van der Waals surface area (Å²) in [5.41, 5.74) is 4.84. The van der Waals surface area contributed by atoms with Gasteiger partial charge >= 0.3 is 18.1 Å². The summed E-state index contributed by atoms with van der Waals surface area (Å²) in [6, 6.07) is 3.99. The molecule has 3 saturated heterocycles. The Bertz CT molecular complexity index is 3160. The van der Waals surface area contributed by atoms with E-state index in [2.05, 4.69) is 31.9 Å². The number of allylic oxidation sites excluding steroid dienone is 3. The molecule has 5 aliphatic heterocycles. The molecular formula is C62H84ClN11O16S. The summed E-state index contributed by atoms with van der Waals surface area (Å²) in [5.74, 6) is -3.94. The average Bonchev–Trinajstić information content (AvgIpc) is 1.60. The Balaban J connectivity index is 1.09. The van der Waals surface area contributed by atoms with Gasteiger partial charge in [-0.3, -0.25) is 39.0 Å². The summed E-state index contributed by atoms with van der Waals surface area (Å²) < 4.78 is 35.1. The molecule has 4 bridgehead atoms. The quantitative estimate of drug-likeness (QED) is 0.0275. The van der Waals surface area contributed by atoms with Gasteiger partial charge < -0.3 is 80.5 Å². The number of esters is 1. The van der Waals surface area contributed by atoms with E-state index in [9.17, 15) is 48.3 Å². The largest absolute Gasteiger partial charge is 0.495 e. The number of urea groups is 1. The number of imide groups is 1. The summed E-state index contributed by atoms with van der Waals surface area (Å²) in [6.07, 6.45) is 3.94. The zero-order valence-electron chi connectivity index (χ0n) is 52.7. The number of nitrogens with two attached hydrogens (primary N) is 1. The number of hydrogen-bond donors (Lipinski definition) is 8. The Morgan fingerprint density at radius 1 is 0.956 bits per heavy atom. The molecule has 496 valence electrons. The van der Waals surface area contributed by atoms with Crippen LogP contribution in [0, 0.1) is 5.92 Å². The summed E-state index contributed by atoms with van der Waals surface area (Å²) in [4.78, 5) is 126. The highest BCUT2D eigenvalue weighted by Gasteiger charge is 2.62. The number of fused-ring (bicyclic) bond motifs is 5. The lowest BCUT2D eigenvalue weighted by Crippen LogP contribution is -2.62. The zero-order chi connectivity index (χ0) is 66.5. The lowest BCUT2D eigenvalue weighted by molar-refractivity contribution is -0.158. The van der Waals surface area contributed by atoms with Gasteiger partial charge in [0.1, 0.15) is 52.8 Å². The molecule has 0 saturated carbocycles. The van der Waals surface area contributed by atoms with E-state index in [4.69, 9.17) is 58.0 Å². The van der Waals surface area contributed by atoms with Gasteiger partial charge in [-0.25, -0.2) is 14.4 Å². The number of anilines is 3. The van der Waals surface area contributed by atoms with Crippen molar-refractivity contribution in [3.63, 3.8) is 0 Å². The maximum Gasteiger partial charge on any atom is 0.409 e. The van der Waals surface area contributed by atoms with Gasteiger partial charge in [0, 0.05) is 84.5 Å². The molecule has 0 spiro atoms. The molecule has 0 aromatic heterocycles. The molecule has 7 rings (SSSR count). The predicted octanol–water partition coefficient (Wildman–Crippen LogP) is 3.48. The Morgan fingerprint density at radius 2 is 1.66 bits per heavy atom. The number of benzene rings is 2. The minimum absolute atomic E-state index is 0.0236. The highest BCUT2D eigenvalue weighted by atomic mass is 35.5. The highest BCUT2D eigenvalue weighted by molar-refractivity contribution is 7.80. The van der Waals surface area contributed by atoms with Crippen molar-refractivity contribution in [2.24, 2.45) is 11.7 Å². The van der Waals surface area contributed by atoms with Crippen LogP contribution in [-0.4, -0.2) is 202 Å². The number of ether oxygens (including phenoxy) is 6. The summed E-state index contributed by atoms with van der Waals surface area (Å²) >= 11 is 12.4. The van der Waals surface area contributed by atoms with Gasteiger partial charge in [0.05, 0.1) is 49.9 Å². The number of nitrogens with zero attached hydrogens (tertiary/aromatic N) is 4. The third-order valence-corrected chi connectivity index (χ3v) is 17.3. The predicted molar refractivity (Wildman–Crippen MR) is 340 cm³/mol. The molecule has 29 heteroatoms. The number of amides is 9. The number of thiocarbonyl (C=S) groups is 1. The molecular weight excluding hydrogens is 1220 g/mol. The van der Waals surface area contributed by atoms with Gasteiger partial charge in [-0.05, 0) is 107 Å². The van der Waals surface area contributed by atoms with Gasteiger partial charge in [0.2, 0.25) is 17.7 Å². The number of nitrogens with one attached hydrogen (secondary N) is 6. The van der Waals surface area contributed by atoms with Crippen molar-refractivity contribution >= 4 is 99.5 Å². The third kappa shape index (κ3) is 18.2. The minimum atomic E-state index is -1.90. The Kier molecular flexibility index (Phi) is 24.4. The molecule has 5 heterocycles. The lowest BCUT2D eigenvalue weighted by atomic mass is 9.90. The Hall–Kier alpha value is -7.89. The van der Waals surface area contributed by atoms with Gasteiger partial charge in [-0.1, -0.05) is 49.2 Å². The summed E-state index contributed by atoms with van der Waals surface area (Å²) in [7, 11) is 5.81. The van der Waals surface area contributed by atoms with Crippen molar-refractivity contribution in [1.29, 1.82) is 0 Å². The van der Waals surface area contributed by atoms with E-state index >= 15 is 0 Å². The summed E-state index contributed by atoms with van der Waals surface area (Å²) in [5, 5.41) is 29.1. The van der Waals surface area contributed by atoms with Crippen molar-refractivity contribution in [3.05, 3.63) is 82.4 Å². The van der Waals surface area contributed by atoms with E-state index in [0.717, 1.165) is 16.0 Å². The summed E-state index contributed by atoms with van der Waals surface area (Å²) in [6.45, 7) is 10.7. The molecule has 9 N–H and O–H groups in total. The van der Waals surface area contributed by atoms with Crippen molar-refractivity contribution in [1.82, 2.24) is 36.4 Å². The van der Waals surface area contributed by atoms with Crippen molar-refractivity contribution in [2.75, 3.05) is 89.4 Å². The number of unbranched alkanes of at least 4 members (excludes halogenated alkanes) is 1. The van der Waals surface area contributed by atoms with Crippen LogP contribution in [0.25, 0.3) is 0 Å². The van der Waals surface area contributed by atoms with Gasteiger partial charge in [0.25, 0.3) is 17.7 Å². The second kappa shape index (κ2) is 31.4. The molecule has 2 aromatic carbocycles. The first-order chi connectivity index (χ1) is 43.2. The van der Waals surface area contributed by atoms with Gasteiger partial charge in [0.15, 0.2) is 10.8 Å². The fourth-order valence-corrected chi connectivity index (χ4v) is 11.6. The maximum atomic E-state index is 14.6. The van der Waals surface area contributed by atoms with Gasteiger partial charge in [-0.2, -0.15) is 0 Å². The normalized spacial score (nSPS) is 24.5. The van der Waals surface area contributed by atoms with Gasteiger partial charge in [-0.15, -0.1) is 0 Å². The SMILES string of the molecule is COc1cc2cc(c1Cl)N(C)C(=O)C[C@H](OC(=O)[C@H](C)N(C)C(=O)c1ccc(NC(=O)[C@H](CCCNC(N)=O)NC(=O)[C@@H](NC(=S)NCCCCN3C(=O)C=CC3=O)C(C)C)c(N3CCOCC3)c1)[C@]1(C)O[C@H]1C[C@@H]1C[C@@](O)(NC(=O)O1)[C@H](OC)/C=C/C=C(\C)C2. The van der Waals surface area contributed by atoms with Crippen LogP contribution in [0.4, 0.5) is 26.7 Å². The van der Waals surface area contributed by atoms with Crippen LogP contribution in [0.3, 0.4) is 0 Å². The molecule has 0 radical (unpaired) electrons. The van der Waals surface area contributed by atoms with E-state index in [0.29, 0.717) is 69.2 Å². The number of morpholine rings is 1. The number of epoxide rings is 1. The van der Waals surface area contributed by atoms with E-state index in [1.54, 1.807) is 57.2 Å². The fourth-order valence-electron chi connectivity index (χ4n) is 11.1. The first-order valence-corrected chi connectivity index (χ1v) is 31.0. The number of alkyl carbamates (subject to hydrolysis) is 1. The van der Waals surface area contributed by atoms with E-state index in [-0.39, 0.29) is 77.9 Å². The number of carbonyl (C=O) groups excluding carboxylic acids is 9. The van der Waals surface area contributed by atoms with Crippen LogP contribution in [-0.2, 0) is 58.9 Å². The number of hydrogen-bond acceptors (Lipinski definition) is 18. The zero-order valence-corrected chi connectivity index (χ0v) is 54.3. The second-order valence-corrected chi connectivity index (χ2v) is 24.4. The average molecular weight is 1310 g/mol. The highest BCUT2D eigenvalue weighted by Crippen LogP contribution is 2.47. The van der Waals surface area contributed by atoms with Crippen LogP contribution < -0.4 is 52.2 Å². The first-order valence-electron chi connectivity index (χ1n) is 30.2. The van der Waals surface area contributed by atoms with Crippen LogP contribution in [0.5, 0.6) is 5.75 Å². The lowest BCUT2D eigenvalue weighted by Gasteiger charge is -2.40. The molecule has 2 aromatic rings. The number of halogens is 1. The Labute approximate surface area is 539 Å². The maximum absolute atomic E-state index is 14.6. The standard InChI is InChI=1S/C62H84ClN11O16S/c1-35(2)53(69-59(91)66-21-10-11-23-74-49(75)19-20-50(74)76)55(79)68-42(15-13-22-65-58(64)82)54(78)67-41-18-17-39(31-43(41)73-24-26-87-27-25-73)56(80)71(6)37(4)57(81)89-47-33-51(77)72(7)44-29-38(30-45(85-8)52(44)63)28-36(3)14-12-16-46(86-9)62(84)34-40(88-60(83)70-62)32-48-61(47,5)90-48/h12,14,16-20,29-31,35,37,40,42,46-48,53,84H,10-11,13,15,21-28,32-34H2,1-9H3,(H,67,78)(H,68,79)(H,70,83)(H3,64,65,82)(H2,66,69,91)/b16-12+,36-14+/t37-,40+,42-,46+,47-,48-,53-,61-,62-/m0/s1. The molecule has 27 nitrogen and oxygen atoms in total. The number of methoxy groups -OCH3 is 2. The van der Waals surface area contributed by atoms with E-state index in [1.165, 1.54) is 63.3 Å². The van der Waals surface area contributed by atoms with Crippen LogP contribution in [0.15, 0.2) is 66.3 Å². The topological polar surface area (TPSA) is 344 Å². The van der Waals surface area contributed by atoms with Crippen LogP contribution in [0.1, 0.15) is 95.5 Å². The fraction of sp³-hybridized carbons (Fsp3) is 0.548. The Morgan fingerprint density at radius 3 is 2.33 bits per heavy atom. The van der Waals surface area contributed by atoms with Crippen molar-refractivity contribution in [2.45, 2.75) is 140 Å². The number of likely N-dealkylation sites (N-methyl/N-ethyl adjacent to an activating group) is 1. The van der Waals surface area contributed by atoms with Crippen LogP contribution >= 0.6 is 23.8 Å². The molecule has 0 unspecified atom stereocenters. The van der Waals surface area contributed by atoms with Crippen molar-refractivity contribution < 1.29 is 76.7 Å². The third-order valence-electron chi connectivity index (χ3n) is 16.7. The molecule has 9 atom stereocenters. The first kappa shape index (κ1) is 70.6. The molecule has 91 heavy (non-hydrogen) atoms. The monoisotopic (exact) mass is 1310 g/mol. The number of carbonyl (C=O) groups is 9. The van der Waals surface area contributed by atoms with Crippen molar-refractivity contribution in [3.8, 4) is 5.75 Å². The minimum Gasteiger partial charge on any atom is -0.495 e. The molecule has 3 fully saturated rings. The number of rotatable bonds is 22. The van der Waals surface area contributed by atoms with E-state index in [1.807, 2.05) is 17.9 Å². The smallest absolute Gasteiger partial charge is 0.409 e. The molecule has 9 amide bonds. The number of primary amides is 1. The van der Waals surface area contributed by atoms with E-state index < -0.39 is 102 Å². The number of aliphatic hydroxyl groups is 1. The molecule has 5 aliphatic rings.